The van der Waals surface area contributed by atoms with Crippen LogP contribution in [0.1, 0.15) is 11.5 Å². The molecule has 0 N–H and O–H groups in total. The predicted molar refractivity (Wildman–Crippen MR) is 72.6 cm³/mol. The minimum absolute atomic E-state index is 0.0737. The third-order valence-electron chi connectivity index (χ3n) is 3.03. The number of allylic oxidation sites excluding steroid dienone is 4. The second kappa shape index (κ2) is 5.48. The molecular formula is C16H14O3. The van der Waals surface area contributed by atoms with E-state index in [0.29, 0.717) is 5.57 Å². The van der Waals surface area contributed by atoms with Crippen molar-refractivity contribution in [2.75, 3.05) is 7.11 Å². The van der Waals surface area contributed by atoms with Crippen LogP contribution in [0.4, 0.5) is 0 Å². The van der Waals surface area contributed by atoms with E-state index in [9.17, 15) is 9.59 Å². The zero-order valence-corrected chi connectivity index (χ0v) is 10.6. The van der Waals surface area contributed by atoms with Crippen LogP contribution < -0.4 is 0 Å². The number of benzene rings is 1. The summed E-state index contributed by atoms with van der Waals surface area (Å²) < 4.78 is 4.86. The Morgan fingerprint density at radius 1 is 1.11 bits per heavy atom. The van der Waals surface area contributed by atoms with Crippen LogP contribution in [0.2, 0.25) is 0 Å². The van der Waals surface area contributed by atoms with E-state index in [-0.39, 0.29) is 23.2 Å². The highest BCUT2D eigenvalue weighted by molar-refractivity contribution is 6.19. The maximum atomic E-state index is 12.1. The average Bonchev–Trinajstić information content (AvgIpc) is 2.44. The Morgan fingerprint density at radius 2 is 1.79 bits per heavy atom. The predicted octanol–water partition coefficient (Wildman–Crippen LogP) is 2.56. The van der Waals surface area contributed by atoms with Gasteiger partial charge in [0.25, 0.3) is 0 Å². The van der Waals surface area contributed by atoms with E-state index < -0.39 is 0 Å². The van der Waals surface area contributed by atoms with Crippen molar-refractivity contribution < 1.29 is 14.3 Å². The third-order valence-corrected chi connectivity index (χ3v) is 3.03. The lowest BCUT2D eigenvalue weighted by atomic mass is 9.85. The number of hydrogen-bond donors (Lipinski definition) is 0. The number of carbonyl (C=O) groups excluding carboxylic acids is 2. The largest absolute Gasteiger partial charge is 0.493 e. The van der Waals surface area contributed by atoms with Crippen molar-refractivity contribution in [1.29, 1.82) is 0 Å². The van der Waals surface area contributed by atoms with Crippen molar-refractivity contribution in [2.24, 2.45) is 0 Å². The first-order valence-electron chi connectivity index (χ1n) is 5.90. The summed E-state index contributed by atoms with van der Waals surface area (Å²) in [6.07, 6.45) is 4.23. The van der Waals surface area contributed by atoms with Gasteiger partial charge in [-0.3, -0.25) is 9.59 Å². The standard InChI is InChI=1S/C16H14O3/c1-3-12(11-7-5-4-6-8-11)13-9-15(18)16(19-2)10-14(13)17/h3-10,12H,1H2,2H3/t12-/m0/s1. The molecule has 0 aromatic heterocycles. The van der Waals surface area contributed by atoms with Crippen LogP contribution in [-0.2, 0) is 14.3 Å². The number of hydrogen-bond acceptors (Lipinski definition) is 3. The van der Waals surface area contributed by atoms with Crippen LogP contribution in [0, 0.1) is 0 Å². The van der Waals surface area contributed by atoms with Crippen LogP contribution in [-0.4, -0.2) is 18.7 Å². The van der Waals surface area contributed by atoms with Gasteiger partial charge < -0.3 is 4.74 Å². The molecule has 0 spiro atoms. The topological polar surface area (TPSA) is 43.4 Å². The monoisotopic (exact) mass is 254 g/mol. The number of ketones is 2. The van der Waals surface area contributed by atoms with Gasteiger partial charge in [0.05, 0.1) is 7.11 Å². The molecule has 0 unspecified atom stereocenters. The Balaban J connectivity index is 2.39. The Hall–Kier alpha value is -2.42. The highest BCUT2D eigenvalue weighted by Gasteiger charge is 2.26. The van der Waals surface area contributed by atoms with Crippen molar-refractivity contribution in [2.45, 2.75) is 5.92 Å². The van der Waals surface area contributed by atoms with E-state index >= 15 is 0 Å². The molecule has 0 aliphatic heterocycles. The highest BCUT2D eigenvalue weighted by atomic mass is 16.5. The molecule has 1 aliphatic carbocycles. The van der Waals surface area contributed by atoms with E-state index in [2.05, 4.69) is 6.58 Å². The molecule has 2 rings (SSSR count). The quantitative estimate of drug-likeness (QED) is 0.612. The Bertz CT molecular complexity index is 579. The maximum absolute atomic E-state index is 12.1. The molecule has 3 heteroatoms. The summed E-state index contributed by atoms with van der Waals surface area (Å²) in [5.74, 6) is -0.720. The second-order valence-electron chi connectivity index (χ2n) is 4.16. The molecule has 0 bridgehead atoms. The van der Waals surface area contributed by atoms with E-state index in [1.807, 2.05) is 30.3 Å². The minimum Gasteiger partial charge on any atom is -0.493 e. The van der Waals surface area contributed by atoms with E-state index in [4.69, 9.17) is 4.74 Å². The summed E-state index contributed by atoms with van der Waals surface area (Å²) >= 11 is 0. The van der Waals surface area contributed by atoms with Crippen molar-refractivity contribution in [3.8, 4) is 0 Å². The molecule has 0 amide bonds. The summed E-state index contributed by atoms with van der Waals surface area (Å²) in [7, 11) is 1.37. The molecule has 0 heterocycles. The van der Waals surface area contributed by atoms with Gasteiger partial charge in [-0.25, -0.2) is 0 Å². The molecule has 1 atom stereocenters. The molecule has 19 heavy (non-hydrogen) atoms. The van der Waals surface area contributed by atoms with E-state index in [0.717, 1.165) is 5.56 Å². The summed E-state index contributed by atoms with van der Waals surface area (Å²) in [5.41, 5.74) is 1.35. The lowest BCUT2D eigenvalue weighted by molar-refractivity contribution is -0.117. The van der Waals surface area contributed by atoms with Crippen molar-refractivity contribution in [1.82, 2.24) is 0 Å². The summed E-state index contributed by atoms with van der Waals surface area (Å²) in [5, 5.41) is 0. The average molecular weight is 254 g/mol. The molecule has 1 aromatic carbocycles. The molecule has 1 aliphatic rings. The van der Waals surface area contributed by atoms with Crippen molar-refractivity contribution in [3.05, 3.63) is 72.0 Å². The van der Waals surface area contributed by atoms with Crippen LogP contribution in [0.15, 0.2) is 66.5 Å². The maximum Gasteiger partial charge on any atom is 0.220 e. The van der Waals surface area contributed by atoms with Crippen LogP contribution in [0.25, 0.3) is 0 Å². The smallest absolute Gasteiger partial charge is 0.220 e. The first kappa shape index (κ1) is 13.0. The highest BCUT2D eigenvalue weighted by Crippen LogP contribution is 2.29. The van der Waals surface area contributed by atoms with Gasteiger partial charge in [-0.15, -0.1) is 6.58 Å². The lowest BCUT2D eigenvalue weighted by Gasteiger charge is -2.18. The summed E-state index contributed by atoms with van der Waals surface area (Å²) in [6, 6.07) is 9.48. The van der Waals surface area contributed by atoms with Crippen molar-refractivity contribution in [3.63, 3.8) is 0 Å². The molecular weight excluding hydrogens is 240 g/mol. The van der Waals surface area contributed by atoms with Gasteiger partial charge in [0.2, 0.25) is 5.78 Å². The summed E-state index contributed by atoms with van der Waals surface area (Å²) in [6.45, 7) is 3.75. The zero-order chi connectivity index (χ0) is 13.8. The van der Waals surface area contributed by atoms with E-state index in [1.165, 1.54) is 19.3 Å². The Morgan fingerprint density at radius 3 is 2.37 bits per heavy atom. The number of rotatable bonds is 4. The first-order valence-corrected chi connectivity index (χ1v) is 5.90. The van der Waals surface area contributed by atoms with Crippen LogP contribution in [0.3, 0.4) is 0 Å². The first-order chi connectivity index (χ1) is 9.17. The molecule has 1 aromatic rings. The molecule has 0 saturated carbocycles. The van der Waals surface area contributed by atoms with Gasteiger partial charge >= 0.3 is 0 Å². The number of carbonyl (C=O) groups is 2. The zero-order valence-electron chi connectivity index (χ0n) is 10.6. The Kier molecular flexibility index (Phi) is 3.76. The van der Waals surface area contributed by atoms with Crippen LogP contribution in [0.5, 0.6) is 0 Å². The fraction of sp³-hybridized carbons (Fsp3) is 0.125. The van der Waals surface area contributed by atoms with Crippen molar-refractivity contribution >= 4 is 11.6 Å². The summed E-state index contributed by atoms with van der Waals surface area (Å²) in [4.78, 5) is 23.8. The normalized spacial score (nSPS) is 16.5. The van der Waals surface area contributed by atoms with Gasteiger partial charge in [-0.2, -0.15) is 0 Å². The molecule has 96 valence electrons. The molecule has 0 saturated heterocycles. The second-order valence-corrected chi connectivity index (χ2v) is 4.16. The van der Waals surface area contributed by atoms with Gasteiger partial charge in [-0.1, -0.05) is 36.4 Å². The fourth-order valence-corrected chi connectivity index (χ4v) is 2.06. The molecule has 3 nitrogen and oxygen atoms in total. The number of ether oxygens (including phenoxy) is 1. The van der Waals surface area contributed by atoms with E-state index in [1.54, 1.807) is 6.08 Å². The molecule has 0 fully saturated rings. The SMILES string of the molecule is C=C[C@H](C1=CC(=O)C(OC)=CC1=O)c1ccccc1. The van der Waals surface area contributed by atoms with Crippen LogP contribution >= 0.6 is 0 Å². The third kappa shape index (κ3) is 2.55. The van der Waals surface area contributed by atoms with Gasteiger partial charge in [0.15, 0.2) is 11.5 Å². The van der Waals surface area contributed by atoms with Gasteiger partial charge in [0.1, 0.15) is 0 Å². The number of methoxy groups -OCH3 is 1. The Labute approximate surface area is 111 Å². The van der Waals surface area contributed by atoms with Gasteiger partial charge in [0, 0.05) is 17.6 Å². The minimum atomic E-state index is -0.292. The molecule has 0 radical (unpaired) electrons. The fourth-order valence-electron chi connectivity index (χ4n) is 2.06. The van der Waals surface area contributed by atoms with Gasteiger partial charge in [-0.05, 0) is 11.6 Å². The lowest BCUT2D eigenvalue weighted by Crippen LogP contribution is -2.18.